The number of carbonyl (C=O) groups excluding carboxylic acids is 2. The molecule has 18 heavy (non-hydrogen) atoms. The van der Waals surface area contributed by atoms with E-state index in [4.69, 9.17) is 9.47 Å². The quantitative estimate of drug-likeness (QED) is 0.452. The molecule has 0 saturated heterocycles. The van der Waals surface area contributed by atoms with Gasteiger partial charge in [-0.1, -0.05) is 18.7 Å². The van der Waals surface area contributed by atoms with Crippen LogP contribution in [0.25, 0.3) is 0 Å². The number of para-hydroxylation sites is 2. The Labute approximate surface area is 105 Å². The second-order valence-electron chi connectivity index (χ2n) is 3.48. The molecule has 0 atom stereocenters. The molecule has 0 amide bonds. The zero-order valence-electron chi connectivity index (χ0n) is 10.3. The van der Waals surface area contributed by atoms with Gasteiger partial charge in [-0.3, -0.25) is 0 Å². The highest BCUT2D eigenvalue weighted by molar-refractivity contribution is 5.88. The monoisotopic (exact) mass is 250 g/mol. The molecular weight excluding hydrogens is 236 g/mol. The van der Waals surface area contributed by atoms with Crippen molar-refractivity contribution in [3.8, 4) is 11.5 Å². The van der Waals surface area contributed by atoms with E-state index in [0.717, 1.165) is 0 Å². The Hall–Kier alpha value is -2.30. The van der Waals surface area contributed by atoms with Gasteiger partial charge in [-0.05, 0) is 19.1 Å². The Balaban J connectivity index is 2.54. The molecule has 1 rings (SSSR count). The Morgan fingerprint density at radius 2 is 1.83 bits per heavy atom. The first-order valence-corrected chi connectivity index (χ1v) is 5.21. The first-order chi connectivity index (χ1) is 8.54. The van der Waals surface area contributed by atoms with Crippen LogP contribution in [-0.2, 0) is 14.3 Å². The summed E-state index contributed by atoms with van der Waals surface area (Å²) in [5.41, 5.74) is 0.222. The lowest BCUT2D eigenvalue weighted by Gasteiger charge is -2.08. The van der Waals surface area contributed by atoms with Crippen molar-refractivity contribution in [1.82, 2.24) is 0 Å². The fourth-order valence-corrected chi connectivity index (χ4v) is 1.10. The van der Waals surface area contributed by atoms with Crippen molar-refractivity contribution in [3.05, 3.63) is 36.4 Å². The Morgan fingerprint density at radius 1 is 1.22 bits per heavy atom. The summed E-state index contributed by atoms with van der Waals surface area (Å²) in [5.74, 6) is -0.616. The van der Waals surface area contributed by atoms with Crippen molar-refractivity contribution in [2.75, 3.05) is 13.7 Å². The summed E-state index contributed by atoms with van der Waals surface area (Å²) < 4.78 is 14.7. The maximum Gasteiger partial charge on any atom is 0.349 e. The van der Waals surface area contributed by atoms with Crippen molar-refractivity contribution in [2.45, 2.75) is 6.92 Å². The largest absolute Gasteiger partial charge is 0.493 e. The Morgan fingerprint density at radius 3 is 2.39 bits per heavy atom. The van der Waals surface area contributed by atoms with Crippen LogP contribution in [0.5, 0.6) is 11.5 Å². The summed E-state index contributed by atoms with van der Waals surface area (Å²) in [4.78, 5) is 22.5. The molecule has 0 unspecified atom stereocenters. The lowest BCUT2D eigenvalue weighted by molar-refractivity contribution is -0.150. The molecule has 0 aliphatic carbocycles. The van der Waals surface area contributed by atoms with E-state index < -0.39 is 18.5 Å². The van der Waals surface area contributed by atoms with Crippen LogP contribution in [0.1, 0.15) is 6.92 Å². The molecule has 1 aromatic carbocycles. The lowest BCUT2D eigenvalue weighted by atomic mass is 10.3. The average molecular weight is 250 g/mol. The summed E-state index contributed by atoms with van der Waals surface area (Å²) >= 11 is 0. The van der Waals surface area contributed by atoms with E-state index in [-0.39, 0.29) is 11.3 Å². The molecule has 0 spiro atoms. The van der Waals surface area contributed by atoms with Gasteiger partial charge in [0.2, 0.25) is 0 Å². The van der Waals surface area contributed by atoms with Gasteiger partial charge < -0.3 is 14.2 Å². The zero-order valence-corrected chi connectivity index (χ0v) is 10.3. The molecule has 0 aliphatic heterocycles. The fraction of sp³-hybridized carbons (Fsp3) is 0.231. The van der Waals surface area contributed by atoms with E-state index in [9.17, 15) is 9.59 Å². The fourth-order valence-electron chi connectivity index (χ4n) is 1.10. The minimum Gasteiger partial charge on any atom is -0.493 e. The third-order valence-electron chi connectivity index (χ3n) is 1.96. The van der Waals surface area contributed by atoms with E-state index in [1.54, 1.807) is 24.3 Å². The van der Waals surface area contributed by atoms with Gasteiger partial charge >= 0.3 is 11.9 Å². The maximum absolute atomic E-state index is 11.4. The van der Waals surface area contributed by atoms with Crippen LogP contribution in [0.15, 0.2) is 36.4 Å². The summed E-state index contributed by atoms with van der Waals surface area (Å²) in [6.45, 7) is 4.42. The van der Waals surface area contributed by atoms with Gasteiger partial charge in [-0.25, -0.2) is 9.59 Å². The summed E-state index contributed by atoms with van der Waals surface area (Å²) in [6.07, 6.45) is 0. The number of esters is 2. The van der Waals surface area contributed by atoms with Crippen molar-refractivity contribution >= 4 is 11.9 Å². The minimum atomic E-state index is -0.686. The van der Waals surface area contributed by atoms with Gasteiger partial charge in [-0.2, -0.15) is 0 Å². The predicted octanol–water partition coefficient (Wildman–Crippen LogP) is 1.72. The summed E-state index contributed by atoms with van der Waals surface area (Å²) in [6, 6.07) is 6.68. The molecule has 0 radical (unpaired) electrons. The molecule has 5 nitrogen and oxygen atoms in total. The van der Waals surface area contributed by atoms with Gasteiger partial charge in [0.05, 0.1) is 7.11 Å². The van der Waals surface area contributed by atoms with Crippen LogP contribution < -0.4 is 9.47 Å². The van der Waals surface area contributed by atoms with Crippen molar-refractivity contribution in [1.29, 1.82) is 0 Å². The van der Waals surface area contributed by atoms with E-state index >= 15 is 0 Å². The van der Waals surface area contributed by atoms with Crippen molar-refractivity contribution in [3.63, 3.8) is 0 Å². The molecule has 0 aromatic heterocycles. The number of methoxy groups -OCH3 is 1. The number of rotatable bonds is 5. The highest BCUT2D eigenvalue weighted by Gasteiger charge is 2.12. The summed E-state index contributed by atoms with van der Waals surface area (Å²) in [5, 5.41) is 0. The van der Waals surface area contributed by atoms with Crippen molar-refractivity contribution in [2.24, 2.45) is 0 Å². The Bertz CT molecular complexity index is 464. The average Bonchev–Trinajstić information content (AvgIpc) is 2.36. The van der Waals surface area contributed by atoms with Gasteiger partial charge in [-0.15, -0.1) is 0 Å². The molecular formula is C13H14O5. The third kappa shape index (κ3) is 3.93. The number of carbonyl (C=O) groups is 2. The first-order valence-electron chi connectivity index (χ1n) is 5.21. The number of ether oxygens (including phenoxy) is 3. The molecule has 0 N–H and O–H groups in total. The van der Waals surface area contributed by atoms with Gasteiger partial charge in [0, 0.05) is 5.57 Å². The molecule has 0 fully saturated rings. The number of hydrogen-bond acceptors (Lipinski definition) is 5. The first kappa shape index (κ1) is 13.8. The highest BCUT2D eigenvalue weighted by Crippen LogP contribution is 2.25. The molecule has 0 heterocycles. The van der Waals surface area contributed by atoms with Crippen LogP contribution in [0.3, 0.4) is 0 Å². The molecule has 5 heteroatoms. The molecule has 0 aliphatic rings. The van der Waals surface area contributed by atoms with E-state index in [1.807, 2.05) is 0 Å². The highest BCUT2D eigenvalue weighted by atomic mass is 16.6. The minimum absolute atomic E-state index is 0.222. The van der Waals surface area contributed by atoms with E-state index in [2.05, 4.69) is 11.3 Å². The second-order valence-corrected chi connectivity index (χ2v) is 3.48. The third-order valence-corrected chi connectivity index (χ3v) is 1.96. The van der Waals surface area contributed by atoms with Gasteiger partial charge in [0.15, 0.2) is 18.1 Å². The zero-order chi connectivity index (χ0) is 13.5. The number of benzene rings is 1. The topological polar surface area (TPSA) is 61.8 Å². The van der Waals surface area contributed by atoms with E-state index in [1.165, 1.54) is 14.0 Å². The predicted molar refractivity (Wildman–Crippen MR) is 64.4 cm³/mol. The molecule has 1 aromatic rings. The van der Waals surface area contributed by atoms with Crippen LogP contribution in [0.4, 0.5) is 0 Å². The van der Waals surface area contributed by atoms with Crippen LogP contribution in [0.2, 0.25) is 0 Å². The summed E-state index contributed by atoms with van der Waals surface area (Å²) in [7, 11) is 1.47. The van der Waals surface area contributed by atoms with Crippen LogP contribution >= 0.6 is 0 Å². The normalized spacial score (nSPS) is 9.44. The van der Waals surface area contributed by atoms with Gasteiger partial charge in [0.25, 0.3) is 0 Å². The maximum atomic E-state index is 11.4. The lowest BCUT2D eigenvalue weighted by Crippen LogP contribution is -2.19. The standard InChI is InChI=1S/C13H14O5/c1-9(2)13(15)17-8-12(14)18-11-7-5-4-6-10(11)16-3/h4-7H,1,8H2,2-3H3. The van der Waals surface area contributed by atoms with Crippen molar-refractivity contribution < 1.29 is 23.8 Å². The van der Waals surface area contributed by atoms with E-state index in [0.29, 0.717) is 5.75 Å². The van der Waals surface area contributed by atoms with Gasteiger partial charge in [0.1, 0.15) is 0 Å². The van der Waals surface area contributed by atoms with Crippen LogP contribution in [-0.4, -0.2) is 25.7 Å². The second kappa shape index (κ2) is 6.44. The number of hydrogen-bond donors (Lipinski definition) is 0. The molecule has 96 valence electrons. The SMILES string of the molecule is C=C(C)C(=O)OCC(=O)Oc1ccccc1OC. The molecule has 0 bridgehead atoms. The smallest absolute Gasteiger partial charge is 0.349 e. The Kier molecular flexibility index (Phi) is 4.92. The van der Waals surface area contributed by atoms with Crippen LogP contribution in [0, 0.1) is 0 Å². The molecule has 0 saturated carbocycles.